The Morgan fingerprint density at radius 2 is 1.64 bits per heavy atom. The molecule has 0 fully saturated rings. The summed E-state index contributed by atoms with van der Waals surface area (Å²) in [6, 6.07) is 4.41. The second-order valence-corrected chi connectivity index (χ2v) is 5.76. The van der Waals surface area contributed by atoms with Gasteiger partial charge in [-0.1, -0.05) is 12.2 Å². The van der Waals surface area contributed by atoms with Gasteiger partial charge in [-0.3, -0.25) is 4.79 Å². The molecule has 0 saturated heterocycles. The maximum absolute atomic E-state index is 12.2. The molecule has 1 aromatic rings. The van der Waals surface area contributed by atoms with E-state index in [1.54, 1.807) is 13.8 Å². The highest BCUT2D eigenvalue weighted by molar-refractivity contribution is 5.99. The van der Waals surface area contributed by atoms with Crippen LogP contribution in [0.25, 0.3) is 0 Å². The Bertz CT molecular complexity index is 644. The molecule has 134 valence electrons. The minimum absolute atomic E-state index is 0.160. The first-order valence-corrected chi connectivity index (χ1v) is 8.49. The van der Waals surface area contributed by atoms with Gasteiger partial charge in [0.1, 0.15) is 0 Å². The molecule has 0 saturated carbocycles. The molecule has 6 heteroatoms. The van der Waals surface area contributed by atoms with E-state index in [0.717, 1.165) is 12.8 Å². The van der Waals surface area contributed by atoms with Gasteiger partial charge >= 0.3 is 11.9 Å². The molecule has 6 nitrogen and oxygen atoms in total. The van der Waals surface area contributed by atoms with Crippen LogP contribution in [0.4, 0.5) is 5.69 Å². The summed E-state index contributed by atoms with van der Waals surface area (Å²) in [5, 5.41) is 2.76. The van der Waals surface area contributed by atoms with Gasteiger partial charge in [0.15, 0.2) is 0 Å². The van der Waals surface area contributed by atoms with E-state index in [9.17, 15) is 14.4 Å². The van der Waals surface area contributed by atoms with Crippen LogP contribution in [0.1, 0.15) is 53.8 Å². The average Bonchev–Trinajstić information content (AvgIpc) is 3.07. The van der Waals surface area contributed by atoms with Crippen LogP contribution in [0.15, 0.2) is 30.4 Å². The number of esters is 2. The predicted octanol–water partition coefficient (Wildman–Crippen LogP) is 3.33. The third kappa shape index (κ3) is 5.45. The molecule has 25 heavy (non-hydrogen) atoms. The van der Waals surface area contributed by atoms with Gasteiger partial charge in [0.25, 0.3) is 0 Å². The van der Waals surface area contributed by atoms with Crippen LogP contribution in [-0.2, 0) is 14.3 Å². The van der Waals surface area contributed by atoms with Crippen molar-refractivity contribution in [2.24, 2.45) is 5.92 Å². The molecule has 0 radical (unpaired) electrons. The number of nitrogens with one attached hydrogen (secondary N) is 1. The Hall–Kier alpha value is -2.63. The standard InChI is InChI=1S/C19H23NO5/c1-3-24-18(22)14-10-15(19(23)25-4-2)12-16(11-14)20-17(21)9-13-7-5-6-8-13/h5,7,10-13H,3-4,6,8-9H2,1-2H3,(H,20,21). The van der Waals surface area contributed by atoms with Crippen molar-refractivity contribution in [1.82, 2.24) is 0 Å². The lowest BCUT2D eigenvalue weighted by molar-refractivity contribution is -0.116. The van der Waals surface area contributed by atoms with Crippen LogP contribution in [0, 0.1) is 5.92 Å². The number of allylic oxidation sites excluding steroid dienone is 2. The smallest absolute Gasteiger partial charge is 0.338 e. The summed E-state index contributed by atoms with van der Waals surface area (Å²) in [6.45, 7) is 3.84. The second-order valence-electron chi connectivity index (χ2n) is 5.76. The van der Waals surface area contributed by atoms with E-state index in [0.29, 0.717) is 12.1 Å². The summed E-state index contributed by atoms with van der Waals surface area (Å²) in [4.78, 5) is 36.2. The van der Waals surface area contributed by atoms with Gasteiger partial charge < -0.3 is 14.8 Å². The second kappa shape index (κ2) is 9.01. The van der Waals surface area contributed by atoms with Crippen molar-refractivity contribution in [2.45, 2.75) is 33.1 Å². The molecule has 2 rings (SSSR count). The molecule has 1 aliphatic rings. The van der Waals surface area contributed by atoms with E-state index in [4.69, 9.17) is 9.47 Å². The highest BCUT2D eigenvalue weighted by Gasteiger charge is 2.18. The fraction of sp³-hybridized carbons (Fsp3) is 0.421. The van der Waals surface area contributed by atoms with Crippen LogP contribution in [0.3, 0.4) is 0 Å². The number of carbonyl (C=O) groups excluding carboxylic acids is 3. The molecule has 1 unspecified atom stereocenters. The average molecular weight is 345 g/mol. The van der Waals surface area contributed by atoms with Crippen molar-refractivity contribution in [3.63, 3.8) is 0 Å². The molecular formula is C19H23NO5. The number of carbonyl (C=O) groups is 3. The van der Waals surface area contributed by atoms with E-state index in [1.165, 1.54) is 18.2 Å². The van der Waals surface area contributed by atoms with Crippen molar-refractivity contribution in [2.75, 3.05) is 18.5 Å². The molecule has 0 aromatic heterocycles. The Morgan fingerprint density at radius 1 is 1.04 bits per heavy atom. The lowest BCUT2D eigenvalue weighted by atomic mass is 10.0. The Morgan fingerprint density at radius 3 is 2.12 bits per heavy atom. The number of benzene rings is 1. The van der Waals surface area contributed by atoms with Gasteiger partial charge in [0.2, 0.25) is 5.91 Å². The first-order valence-electron chi connectivity index (χ1n) is 8.49. The predicted molar refractivity (Wildman–Crippen MR) is 93.5 cm³/mol. The van der Waals surface area contributed by atoms with E-state index in [-0.39, 0.29) is 36.2 Å². The molecule has 0 spiro atoms. The summed E-state index contributed by atoms with van der Waals surface area (Å²) in [5.74, 6) is -1.03. The van der Waals surface area contributed by atoms with E-state index in [1.807, 2.05) is 6.08 Å². The van der Waals surface area contributed by atoms with Crippen molar-refractivity contribution in [1.29, 1.82) is 0 Å². The Balaban J connectivity index is 2.19. The minimum atomic E-state index is -0.553. The SMILES string of the molecule is CCOC(=O)c1cc(NC(=O)CC2C=CCC2)cc(C(=O)OCC)c1. The van der Waals surface area contributed by atoms with Gasteiger partial charge in [-0.2, -0.15) is 0 Å². The van der Waals surface area contributed by atoms with Gasteiger partial charge in [-0.15, -0.1) is 0 Å². The zero-order valence-electron chi connectivity index (χ0n) is 14.5. The number of anilines is 1. The van der Waals surface area contributed by atoms with Crippen molar-refractivity contribution in [3.8, 4) is 0 Å². The number of amides is 1. The summed E-state index contributed by atoms with van der Waals surface area (Å²) < 4.78 is 9.95. The van der Waals surface area contributed by atoms with Crippen LogP contribution in [0.2, 0.25) is 0 Å². The molecule has 0 heterocycles. The Labute approximate surface area is 147 Å². The maximum Gasteiger partial charge on any atom is 0.338 e. The number of hydrogen-bond donors (Lipinski definition) is 1. The van der Waals surface area contributed by atoms with Crippen molar-refractivity contribution < 1.29 is 23.9 Å². The summed E-state index contributed by atoms with van der Waals surface area (Å²) in [7, 11) is 0. The van der Waals surface area contributed by atoms with Crippen molar-refractivity contribution in [3.05, 3.63) is 41.5 Å². The van der Waals surface area contributed by atoms with E-state index in [2.05, 4.69) is 11.4 Å². The van der Waals surface area contributed by atoms with E-state index >= 15 is 0 Å². The topological polar surface area (TPSA) is 81.7 Å². The molecule has 1 aromatic carbocycles. The third-order valence-corrected chi connectivity index (χ3v) is 3.80. The van der Waals surface area contributed by atoms with Gasteiger partial charge in [0, 0.05) is 12.1 Å². The molecular weight excluding hydrogens is 322 g/mol. The van der Waals surface area contributed by atoms with Crippen LogP contribution in [0.5, 0.6) is 0 Å². The molecule has 1 N–H and O–H groups in total. The van der Waals surface area contributed by atoms with Gasteiger partial charge in [-0.05, 0) is 50.8 Å². The first-order chi connectivity index (χ1) is 12.0. The zero-order valence-corrected chi connectivity index (χ0v) is 14.5. The summed E-state index contributed by atoms with van der Waals surface area (Å²) in [6.07, 6.45) is 6.43. The lowest BCUT2D eigenvalue weighted by Crippen LogP contribution is -2.16. The lowest BCUT2D eigenvalue weighted by Gasteiger charge is -2.12. The number of ether oxygens (including phenoxy) is 2. The molecule has 0 aliphatic heterocycles. The largest absolute Gasteiger partial charge is 0.462 e. The van der Waals surface area contributed by atoms with E-state index < -0.39 is 11.9 Å². The fourth-order valence-corrected chi connectivity index (χ4v) is 2.68. The first kappa shape index (κ1) is 18.7. The normalized spacial score (nSPS) is 15.7. The zero-order chi connectivity index (χ0) is 18.2. The van der Waals surface area contributed by atoms with Gasteiger partial charge in [-0.25, -0.2) is 9.59 Å². The Kier molecular flexibility index (Phi) is 6.74. The summed E-state index contributed by atoms with van der Waals surface area (Å²) in [5.41, 5.74) is 0.771. The highest BCUT2D eigenvalue weighted by atomic mass is 16.5. The van der Waals surface area contributed by atoms with Crippen LogP contribution < -0.4 is 5.32 Å². The monoisotopic (exact) mass is 345 g/mol. The number of rotatable bonds is 7. The quantitative estimate of drug-likeness (QED) is 0.605. The molecule has 1 atom stereocenters. The summed E-state index contributed by atoms with van der Waals surface area (Å²) >= 11 is 0. The van der Waals surface area contributed by atoms with Crippen LogP contribution in [-0.4, -0.2) is 31.1 Å². The molecule has 1 aliphatic carbocycles. The molecule has 1 amide bonds. The highest BCUT2D eigenvalue weighted by Crippen LogP contribution is 2.22. The fourth-order valence-electron chi connectivity index (χ4n) is 2.68. The molecule has 0 bridgehead atoms. The minimum Gasteiger partial charge on any atom is -0.462 e. The maximum atomic E-state index is 12.2. The number of hydrogen-bond acceptors (Lipinski definition) is 5. The van der Waals surface area contributed by atoms with Crippen molar-refractivity contribution >= 4 is 23.5 Å². The van der Waals surface area contributed by atoms with Crippen LogP contribution >= 0.6 is 0 Å². The third-order valence-electron chi connectivity index (χ3n) is 3.80. The van der Waals surface area contributed by atoms with Gasteiger partial charge in [0.05, 0.1) is 24.3 Å².